The summed E-state index contributed by atoms with van der Waals surface area (Å²) in [6.07, 6.45) is 3.06. The van der Waals surface area contributed by atoms with Gasteiger partial charge in [-0.25, -0.2) is 4.98 Å². The number of halogens is 1. The van der Waals surface area contributed by atoms with E-state index in [0.717, 1.165) is 22.6 Å². The van der Waals surface area contributed by atoms with E-state index in [1.165, 1.54) is 23.1 Å². The molecule has 0 bridgehead atoms. The molecule has 102 valence electrons. The van der Waals surface area contributed by atoms with Gasteiger partial charge in [0.2, 0.25) is 0 Å². The van der Waals surface area contributed by atoms with Gasteiger partial charge in [0.25, 0.3) is 0 Å². The van der Waals surface area contributed by atoms with Gasteiger partial charge in [-0.3, -0.25) is 4.98 Å². The molecule has 0 radical (unpaired) electrons. The van der Waals surface area contributed by atoms with Gasteiger partial charge in [-0.05, 0) is 18.2 Å². The highest BCUT2D eigenvalue weighted by atomic mass is 35.5. The van der Waals surface area contributed by atoms with Crippen LogP contribution in [0.2, 0.25) is 0 Å². The molecule has 0 spiro atoms. The minimum absolute atomic E-state index is 0.449. The molecule has 1 atom stereocenters. The first-order chi connectivity index (χ1) is 9.88. The number of hydrogen-bond donors (Lipinski definition) is 0. The maximum Gasteiger partial charge on any atom is 0.125 e. The van der Waals surface area contributed by atoms with Gasteiger partial charge in [-0.1, -0.05) is 18.2 Å². The molecule has 0 amide bonds. The lowest BCUT2D eigenvalue weighted by atomic mass is 10.1. The fourth-order valence-corrected chi connectivity index (χ4v) is 4.37. The van der Waals surface area contributed by atoms with E-state index in [4.69, 9.17) is 11.6 Å². The second-order valence-electron chi connectivity index (χ2n) is 5.06. The highest BCUT2D eigenvalue weighted by Crippen LogP contribution is 2.34. The standard InChI is InChI=1S/C15H14ClN3S/c16-7-14-18-13-8-17-12-4-2-1-3-11(12)15(13)19(14)10-5-6-20-9-10/h1-4,8,10H,5-7,9H2. The van der Waals surface area contributed by atoms with Gasteiger partial charge >= 0.3 is 0 Å². The zero-order chi connectivity index (χ0) is 13.5. The van der Waals surface area contributed by atoms with Crippen LogP contribution in [-0.2, 0) is 5.88 Å². The van der Waals surface area contributed by atoms with Crippen molar-refractivity contribution in [3.05, 3.63) is 36.3 Å². The van der Waals surface area contributed by atoms with Crippen LogP contribution in [0.15, 0.2) is 30.5 Å². The Labute approximate surface area is 126 Å². The molecular formula is C15H14ClN3S. The summed E-state index contributed by atoms with van der Waals surface area (Å²) in [6.45, 7) is 0. The minimum atomic E-state index is 0.449. The van der Waals surface area contributed by atoms with E-state index in [0.29, 0.717) is 11.9 Å². The quantitative estimate of drug-likeness (QED) is 0.670. The normalized spacial score (nSPS) is 19.1. The number of rotatable bonds is 2. The maximum absolute atomic E-state index is 6.12. The third kappa shape index (κ3) is 1.82. The van der Waals surface area contributed by atoms with Crippen LogP contribution in [0.5, 0.6) is 0 Å². The first-order valence-corrected chi connectivity index (χ1v) is 8.45. The molecule has 3 aromatic rings. The van der Waals surface area contributed by atoms with Gasteiger partial charge in [0, 0.05) is 17.2 Å². The highest BCUT2D eigenvalue weighted by Gasteiger charge is 2.23. The van der Waals surface area contributed by atoms with Gasteiger partial charge in [-0.15, -0.1) is 11.6 Å². The largest absolute Gasteiger partial charge is 0.322 e. The van der Waals surface area contributed by atoms with Crippen molar-refractivity contribution in [1.29, 1.82) is 0 Å². The Hall–Kier alpha value is -1.26. The lowest BCUT2D eigenvalue weighted by Crippen LogP contribution is -2.11. The number of benzene rings is 1. The second kappa shape index (κ2) is 4.93. The fraction of sp³-hybridized carbons (Fsp3) is 0.333. The SMILES string of the molecule is ClCc1nc2cnc3ccccc3c2n1C1CCSC1. The minimum Gasteiger partial charge on any atom is -0.322 e. The Morgan fingerprint density at radius 3 is 3.00 bits per heavy atom. The van der Waals surface area contributed by atoms with Crippen molar-refractivity contribution in [3.8, 4) is 0 Å². The van der Waals surface area contributed by atoms with Crippen molar-refractivity contribution in [1.82, 2.24) is 14.5 Å². The van der Waals surface area contributed by atoms with Crippen molar-refractivity contribution >= 4 is 45.3 Å². The van der Waals surface area contributed by atoms with E-state index < -0.39 is 0 Å². The second-order valence-corrected chi connectivity index (χ2v) is 6.48. The number of nitrogens with zero attached hydrogens (tertiary/aromatic N) is 3. The Morgan fingerprint density at radius 1 is 1.30 bits per heavy atom. The molecule has 1 aliphatic rings. The zero-order valence-electron chi connectivity index (χ0n) is 10.9. The van der Waals surface area contributed by atoms with Crippen molar-refractivity contribution in [2.24, 2.45) is 0 Å². The number of aromatic nitrogens is 3. The maximum atomic E-state index is 6.12. The summed E-state index contributed by atoms with van der Waals surface area (Å²) in [5, 5.41) is 1.17. The lowest BCUT2D eigenvalue weighted by molar-refractivity contribution is 0.559. The smallest absolute Gasteiger partial charge is 0.125 e. The van der Waals surface area contributed by atoms with Gasteiger partial charge in [-0.2, -0.15) is 11.8 Å². The van der Waals surface area contributed by atoms with Crippen LogP contribution in [0, 0.1) is 0 Å². The third-order valence-corrected chi connectivity index (χ3v) is 5.27. The van der Waals surface area contributed by atoms with Crippen LogP contribution in [0.4, 0.5) is 0 Å². The summed E-state index contributed by atoms with van der Waals surface area (Å²) in [5.41, 5.74) is 3.17. The first-order valence-electron chi connectivity index (χ1n) is 6.77. The van der Waals surface area contributed by atoms with Crippen molar-refractivity contribution in [2.45, 2.75) is 18.3 Å². The molecule has 0 saturated carbocycles. The molecule has 20 heavy (non-hydrogen) atoms. The van der Waals surface area contributed by atoms with Gasteiger partial charge < -0.3 is 4.57 Å². The van der Waals surface area contributed by atoms with Gasteiger partial charge in [0.1, 0.15) is 11.3 Å². The molecule has 1 saturated heterocycles. The summed E-state index contributed by atoms with van der Waals surface area (Å²) in [6, 6.07) is 8.77. The van der Waals surface area contributed by atoms with Crippen LogP contribution >= 0.6 is 23.4 Å². The summed E-state index contributed by atoms with van der Waals surface area (Å²) >= 11 is 8.13. The van der Waals surface area contributed by atoms with Crippen LogP contribution in [0.25, 0.3) is 21.9 Å². The Morgan fingerprint density at radius 2 is 2.20 bits per heavy atom. The van der Waals surface area contributed by atoms with E-state index in [2.05, 4.69) is 32.7 Å². The molecule has 4 rings (SSSR count). The lowest BCUT2D eigenvalue weighted by Gasteiger charge is -2.15. The molecule has 0 aliphatic carbocycles. The van der Waals surface area contributed by atoms with Crippen LogP contribution in [0.3, 0.4) is 0 Å². The zero-order valence-corrected chi connectivity index (χ0v) is 12.5. The Balaban J connectivity index is 2.09. The monoisotopic (exact) mass is 303 g/mol. The number of imidazole rings is 1. The number of para-hydroxylation sites is 1. The molecule has 1 aliphatic heterocycles. The van der Waals surface area contributed by atoms with Gasteiger partial charge in [0.05, 0.1) is 23.1 Å². The first kappa shape index (κ1) is 12.5. The number of thioether (sulfide) groups is 1. The molecular weight excluding hydrogens is 290 g/mol. The van der Waals surface area contributed by atoms with E-state index in [1.807, 2.05) is 24.0 Å². The van der Waals surface area contributed by atoms with E-state index in [9.17, 15) is 0 Å². The predicted molar refractivity (Wildman–Crippen MR) is 85.6 cm³/mol. The van der Waals surface area contributed by atoms with E-state index in [-0.39, 0.29) is 0 Å². The number of alkyl halides is 1. The van der Waals surface area contributed by atoms with Crippen LogP contribution in [-0.4, -0.2) is 26.0 Å². The van der Waals surface area contributed by atoms with Crippen LogP contribution < -0.4 is 0 Å². The van der Waals surface area contributed by atoms with E-state index >= 15 is 0 Å². The molecule has 1 fully saturated rings. The van der Waals surface area contributed by atoms with Crippen molar-refractivity contribution in [2.75, 3.05) is 11.5 Å². The van der Waals surface area contributed by atoms with E-state index in [1.54, 1.807) is 0 Å². The molecule has 1 unspecified atom stereocenters. The molecule has 5 heteroatoms. The number of fused-ring (bicyclic) bond motifs is 3. The summed E-state index contributed by atoms with van der Waals surface area (Å²) < 4.78 is 2.35. The van der Waals surface area contributed by atoms with Crippen LogP contribution in [0.1, 0.15) is 18.3 Å². The summed E-state index contributed by atoms with van der Waals surface area (Å²) in [4.78, 5) is 9.19. The molecule has 3 nitrogen and oxygen atoms in total. The molecule has 1 aromatic carbocycles. The Bertz CT molecular complexity index is 777. The highest BCUT2D eigenvalue weighted by molar-refractivity contribution is 7.99. The van der Waals surface area contributed by atoms with Gasteiger partial charge in [0.15, 0.2) is 0 Å². The fourth-order valence-electron chi connectivity index (χ4n) is 2.99. The summed E-state index contributed by atoms with van der Waals surface area (Å²) in [5.74, 6) is 3.78. The average Bonchev–Trinajstić information content (AvgIpc) is 3.13. The third-order valence-electron chi connectivity index (χ3n) is 3.89. The topological polar surface area (TPSA) is 30.7 Å². The number of pyridine rings is 1. The average molecular weight is 304 g/mol. The molecule has 2 aromatic heterocycles. The van der Waals surface area contributed by atoms with Crippen molar-refractivity contribution in [3.63, 3.8) is 0 Å². The predicted octanol–water partition coefficient (Wildman–Crippen LogP) is 4.00. The number of hydrogen-bond acceptors (Lipinski definition) is 3. The molecule has 3 heterocycles. The molecule has 0 N–H and O–H groups in total. The van der Waals surface area contributed by atoms with Crippen molar-refractivity contribution < 1.29 is 0 Å². The Kier molecular flexibility index (Phi) is 3.08. The summed E-state index contributed by atoms with van der Waals surface area (Å²) in [7, 11) is 0.